The lowest BCUT2D eigenvalue weighted by Gasteiger charge is -2.16. The molecule has 0 radical (unpaired) electrons. The smallest absolute Gasteiger partial charge is 0.298 e. The van der Waals surface area contributed by atoms with E-state index in [4.69, 9.17) is 23.9 Å². The van der Waals surface area contributed by atoms with Crippen LogP contribution in [0, 0.1) is 0 Å². The first-order valence-electron chi connectivity index (χ1n) is 12.9. The van der Waals surface area contributed by atoms with Crippen LogP contribution in [-0.4, -0.2) is 41.1 Å². The van der Waals surface area contributed by atoms with Crippen LogP contribution in [0.3, 0.4) is 0 Å². The summed E-state index contributed by atoms with van der Waals surface area (Å²) in [5.74, 6) is 2.19. The van der Waals surface area contributed by atoms with Gasteiger partial charge >= 0.3 is 0 Å². The maximum absolute atomic E-state index is 11.2. The van der Waals surface area contributed by atoms with Gasteiger partial charge in [-0.3, -0.25) is 19.6 Å². The number of rotatable bonds is 9. The molecular weight excluding hydrogens is 607 g/mol. The van der Waals surface area contributed by atoms with Crippen molar-refractivity contribution in [1.29, 1.82) is 0 Å². The fourth-order valence-corrected chi connectivity index (χ4v) is 7.74. The minimum Gasteiger partial charge on any atom is -0.485 e. The summed E-state index contributed by atoms with van der Waals surface area (Å²) in [5.41, 5.74) is 2.86. The lowest BCUT2D eigenvalue weighted by atomic mass is 10.1. The van der Waals surface area contributed by atoms with Crippen molar-refractivity contribution >= 4 is 47.0 Å². The normalized spacial score (nSPS) is 12.1. The quantitative estimate of drug-likeness (QED) is 0.154. The second-order valence-electron chi connectivity index (χ2n) is 9.06. The SMILES string of the molecule is O=COc1ccnc(-c2cc(OC=O)cc(-c3cc(-c4ccc(-c5sc(-c6cccs6)c6c5OCCO6)s4)ccn3)n2)c1. The first kappa shape index (κ1) is 27.0. The van der Waals surface area contributed by atoms with Gasteiger partial charge in [-0.1, -0.05) is 6.07 Å². The number of carbonyl (C=O) groups is 2. The molecule has 0 bridgehead atoms. The summed E-state index contributed by atoms with van der Waals surface area (Å²) < 4.78 is 22.3. The predicted molar refractivity (Wildman–Crippen MR) is 165 cm³/mol. The monoisotopic (exact) mass is 625 g/mol. The fourth-order valence-electron chi connectivity index (χ4n) is 4.59. The zero-order valence-electron chi connectivity index (χ0n) is 22.1. The van der Waals surface area contributed by atoms with E-state index in [1.54, 1.807) is 64.5 Å². The van der Waals surface area contributed by atoms with Crippen LogP contribution in [0.5, 0.6) is 23.0 Å². The highest BCUT2D eigenvalue weighted by atomic mass is 32.1. The first-order valence-corrected chi connectivity index (χ1v) is 15.4. The Bertz CT molecular complexity index is 1950. The Kier molecular flexibility index (Phi) is 7.37. The number of carbonyl (C=O) groups excluding carboxylic acids is 2. The molecule has 0 saturated heterocycles. The van der Waals surface area contributed by atoms with Gasteiger partial charge in [0, 0.05) is 45.2 Å². The number of hydrogen-bond acceptors (Lipinski definition) is 12. The van der Waals surface area contributed by atoms with Crippen LogP contribution in [0.1, 0.15) is 0 Å². The van der Waals surface area contributed by atoms with Crippen molar-refractivity contribution in [2.75, 3.05) is 13.2 Å². The zero-order chi connectivity index (χ0) is 29.2. The summed E-state index contributed by atoms with van der Waals surface area (Å²) in [6.45, 7) is 1.73. The summed E-state index contributed by atoms with van der Waals surface area (Å²) in [7, 11) is 0. The third-order valence-electron chi connectivity index (χ3n) is 6.44. The lowest BCUT2D eigenvalue weighted by molar-refractivity contribution is -0.121. The zero-order valence-corrected chi connectivity index (χ0v) is 24.5. The van der Waals surface area contributed by atoms with Crippen LogP contribution < -0.4 is 18.9 Å². The summed E-state index contributed by atoms with van der Waals surface area (Å²) in [6, 6.07) is 18.5. The molecule has 9 nitrogen and oxygen atoms in total. The van der Waals surface area contributed by atoms with Crippen molar-refractivity contribution < 1.29 is 28.5 Å². The van der Waals surface area contributed by atoms with Crippen molar-refractivity contribution in [3.63, 3.8) is 0 Å². The minimum atomic E-state index is 0.273. The van der Waals surface area contributed by atoms with E-state index in [1.807, 2.05) is 18.2 Å². The molecule has 12 heteroatoms. The molecule has 0 amide bonds. The van der Waals surface area contributed by atoms with Crippen LogP contribution >= 0.6 is 34.0 Å². The van der Waals surface area contributed by atoms with Crippen LogP contribution in [-0.2, 0) is 9.59 Å². The van der Waals surface area contributed by atoms with Gasteiger partial charge in [0.25, 0.3) is 12.9 Å². The van der Waals surface area contributed by atoms with E-state index in [1.165, 1.54) is 6.20 Å². The van der Waals surface area contributed by atoms with E-state index in [0.29, 0.717) is 54.7 Å². The van der Waals surface area contributed by atoms with Crippen molar-refractivity contribution in [2.45, 2.75) is 0 Å². The molecule has 1 aliphatic rings. The maximum atomic E-state index is 11.2. The standard InChI is InChI=1S/C31H19N3O6S3/c35-16-39-19-6-8-33-22(13-19)24-15-20(40-17-36)14-23(34-24)21-12-18(5-7-32-21)25-3-4-27(42-25)31-29-28(37-9-10-38-29)30(43-31)26-2-1-11-41-26/h1-8,11-17H,9-10H2. The molecule has 0 unspecified atom stereocenters. The first-order chi connectivity index (χ1) is 21.2. The van der Waals surface area contributed by atoms with Gasteiger partial charge in [0.2, 0.25) is 0 Å². The highest BCUT2D eigenvalue weighted by Crippen LogP contribution is 2.55. The molecule has 7 rings (SSSR count). The second-order valence-corrected chi connectivity index (χ2v) is 12.1. The van der Waals surface area contributed by atoms with E-state index in [9.17, 15) is 9.59 Å². The molecule has 212 valence electrons. The van der Waals surface area contributed by atoms with E-state index in [2.05, 4.69) is 33.5 Å². The largest absolute Gasteiger partial charge is 0.485 e. The Morgan fingerprint density at radius 1 is 0.674 bits per heavy atom. The highest BCUT2D eigenvalue weighted by Gasteiger charge is 2.27. The van der Waals surface area contributed by atoms with Gasteiger partial charge in [-0.05, 0) is 47.3 Å². The summed E-state index contributed by atoms with van der Waals surface area (Å²) in [5, 5.41) is 2.06. The Hall–Kier alpha value is -4.91. The van der Waals surface area contributed by atoms with Gasteiger partial charge < -0.3 is 18.9 Å². The number of nitrogens with zero attached hydrogens (tertiary/aromatic N) is 3. The number of hydrogen-bond donors (Lipinski definition) is 0. The van der Waals surface area contributed by atoms with E-state index in [0.717, 1.165) is 41.4 Å². The maximum Gasteiger partial charge on any atom is 0.298 e. The van der Waals surface area contributed by atoms with Crippen LogP contribution in [0.25, 0.3) is 52.7 Å². The van der Waals surface area contributed by atoms with Gasteiger partial charge in [-0.25, -0.2) is 4.98 Å². The summed E-state index contributed by atoms with van der Waals surface area (Å²) in [6.07, 6.45) is 3.22. The van der Waals surface area contributed by atoms with Gasteiger partial charge in [-0.2, -0.15) is 0 Å². The average Bonchev–Trinajstić information content (AvgIpc) is 3.82. The highest BCUT2D eigenvalue weighted by molar-refractivity contribution is 7.27. The molecule has 0 saturated carbocycles. The number of ether oxygens (including phenoxy) is 4. The fraction of sp³-hybridized carbons (Fsp3) is 0.0645. The van der Waals surface area contributed by atoms with E-state index < -0.39 is 0 Å². The average molecular weight is 626 g/mol. The van der Waals surface area contributed by atoms with Crippen LogP contribution in [0.2, 0.25) is 0 Å². The van der Waals surface area contributed by atoms with Gasteiger partial charge in [0.05, 0.1) is 32.5 Å². The molecular formula is C31H19N3O6S3. The Morgan fingerprint density at radius 3 is 2.05 bits per heavy atom. The lowest BCUT2D eigenvalue weighted by Crippen LogP contribution is -2.14. The molecule has 0 atom stereocenters. The minimum absolute atomic E-state index is 0.273. The van der Waals surface area contributed by atoms with Gasteiger partial charge in [-0.15, -0.1) is 34.0 Å². The number of fused-ring (bicyclic) bond motifs is 1. The Morgan fingerprint density at radius 2 is 1.33 bits per heavy atom. The van der Waals surface area contributed by atoms with E-state index >= 15 is 0 Å². The van der Waals surface area contributed by atoms with Gasteiger partial charge in [0.15, 0.2) is 11.5 Å². The molecule has 0 spiro atoms. The molecule has 0 N–H and O–H groups in total. The molecule has 6 aromatic heterocycles. The van der Waals surface area contributed by atoms with Crippen LogP contribution in [0.15, 0.2) is 78.4 Å². The number of thiophene rings is 3. The predicted octanol–water partition coefficient (Wildman–Crippen LogP) is 7.23. The van der Waals surface area contributed by atoms with Crippen molar-refractivity contribution in [1.82, 2.24) is 15.0 Å². The number of pyridine rings is 3. The molecule has 7 heterocycles. The summed E-state index contributed by atoms with van der Waals surface area (Å²) in [4.78, 5) is 41.0. The Labute approximate surface area is 257 Å². The third kappa shape index (κ3) is 5.39. The molecule has 0 aromatic carbocycles. The number of aromatic nitrogens is 3. The third-order valence-corrected chi connectivity index (χ3v) is 9.96. The molecule has 1 aliphatic heterocycles. The molecule has 0 fully saturated rings. The summed E-state index contributed by atoms with van der Waals surface area (Å²) >= 11 is 5.01. The van der Waals surface area contributed by atoms with Crippen molar-refractivity contribution in [3.8, 4) is 75.7 Å². The second kappa shape index (κ2) is 11.8. The van der Waals surface area contributed by atoms with Crippen LogP contribution in [0.4, 0.5) is 0 Å². The van der Waals surface area contributed by atoms with Crippen molar-refractivity contribution in [2.24, 2.45) is 0 Å². The van der Waals surface area contributed by atoms with Gasteiger partial charge in [0.1, 0.15) is 24.7 Å². The molecule has 0 aliphatic carbocycles. The molecule has 43 heavy (non-hydrogen) atoms. The van der Waals surface area contributed by atoms with Crippen molar-refractivity contribution in [3.05, 3.63) is 78.4 Å². The topological polar surface area (TPSA) is 110 Å². The molecule has 6 aromatic rings. The Balaban J connectivity index is 1.24. The van der Waals surface area contributed by atoms with E-state index in [-0.39, 0.29) is 5.75 Å².